The first-order valence-corrected chi connectivity index (χ1v) is 5.78. The van der Waals surface area contributed by atoms with Crippen LogP contribution in [0.3, 0.4) is 0 Å². The van der Waals surface area contributed by atoms with Gasteiger partial charge in [0.05, 0.1) is 10.0 Å². The van der Waals surface area contributed by atoms with Crippen molar-refractivity contribution in [2.24, 2.45) is 0 Å². The Balaban J connectivity index is 0.00000106. The SMILES string of the molecule is CC.CNC(=O)NCc1ccc(Cl)c(Cl)c1. The number of carbonyl (C=O) groups is 1. The van der Waals surface area contributed by atoms with E-state index in [0.717, 1.165) is 5.56 Å². The first-order chi connectivity index (χ1) is 7.63. The van der Waals surface area contributed by atoms with E-state index >= 15 is 0 Å². The van der Waals surface area contributed by atoms with Gasteiger partial charge in [0.2, 0.25) is 0 Å². The predicted molar refractivity (Wildman–Crippen MR) is 69.1 cm³/mol. The lowest BCUT2D eigenvalue weighted by Crippen LogP contribution is -2.32. The fourth-order valence-corrected chi connectivity index (χ4v) is 1.24. The second-order valence-corrected chi connectivity index (χ2v) is 3.50. The van der Waals surface area contributed by atoms with Crippen LogP contribution in [0.1, 0.15) is 19.4 Å². The van der Waals surface area contributed by atoms with Gasteiger partial charge in [0, 0.05) is 13.6 Å². The minimum absolute atomic E-state index is 0.226. The summed E-state index contributed by atoms with van der Waals surface area (Å²) in [5, 5.41) is 6.09. The molecule has 0 unspecified atom stereocenters. The average Bonchev–Trinajstić information content (AvgIpc) is 2.33. The molecule has 2 amide bonds. The van der Waals surface area contributed by atoms with Crippen LogP contribution in [0, 0.1) is 0 Å². The molecule has 0 atom stereocenters. The molecule has 16 heavy (non-hydrogen) atoms. The molecule has 0 bridgehead atoms. The highest BCUT2D eigenvalue weighted by molar-refractivity contribution is 6.42. The van der Waals surface area contributed by atoms with Gasteiger partial charge >= 0.3 is 6.03 Å². The van der Waals surface area contributed by atoms with Crippen LogP contribution in [0.25, 0.3) is 0 Å². The van der Waals surface area contributed by atoms with Gasteiger partial charge in [0.1, 0.15) is 0 Å². The minimum atomic E-state index is -0.226. The predicted octanol–water partition coefficient (Wildman–Crippen LogP) is 3.45. The lowest BCUT2D eigenvalue weighted by Gasteiger charge is -2.05. The second kappa shape index (κ2) is 8.25. The smallest absolute Gasteiger partial charge is 0.314 e. The molecule has 0 aromatic heterocycles. The molecule has 0 radical (unpaired) electrons. The van der Waals surface area contributed by atoms with E-state index in [1.165, 1.54) is 0 Å². The Morgan fingerprint density at radius 3 is 2.38 bits per heavy atom. The largest absolute Gasteiger partial charge is 0.341 e. The zero-order chi connectivity index (χ0) is 12.6. The fourth-order valence-electron chi connectivity index (χ4n) is 0.920. The van der Waals surface area contributed by atoms with Gasteiger partial charge in [-0.2, -0.15) is 0 Å². The van der Waals surface area contributed by atoms with E-state index in [4.69, 9.17) is 23.2 Å². The normalized spacial score (nSPS) is 8.81. The number of rotatable bonds is 2. The van der Waals surface area contributed by atoms with Gasteiger partial charge < -0.3 is 10.6 Å². The Labute approximate surface area is 106 Å². The third-order valence-corrected chi connectivity index (χ3v) is 2.40. The third-order valence-electron chi connectivity index (χ3n) is 1.66. The summed E-state index contributed by atoms with van der Waals surface area (Å²) in [5.74, 6) is 0. The van der Waals surface area contributed by atoms with E-state index < -0.39 is 0 Å². The first kappa shape index (κ1) is 15.1. The van der Waals surface area contributed by atoms with Crippen molar-refractivity contribution < 1.29 is 4.79 Å². The van der Waals surface area contributed by atoms with Gasteiger partial charge in [-0.05, 0) is 17.7 Å². The summed E-state index contributed by atoms with van der Waals surface area (Å²) in [6, 6.07) is 5.01. The molecule has 0 saturated carbocycles. The van der Waals surface area contributed by atoms with E-state index in [0.29, 0.717) is 16.6 Å². The number of benzene rings is 1. The highest BCUT2D eigenvalue weighted by Gasteiger charge is 2.00. The molecule has 0 saturated heterocycles. The van der Waals surface area contributed by atoms with Crippen molar-refractivity contribution in [2.45, 2.75) is 20.4 Å². The Morgan fingerprint density at radius 1 is 1.25 bits per heavy atom. The van der Waals surface area contributed by atoms with Crippen molar-refractivity contribution in [3.05, 3.63) is 33.8 Å². The average molecular weight is 263 g/mol. The standard InChI is InChI=1S/C9H10Cl2N2O.C2H6/c1-12-9(14)13-5-6-2-3-7(10)8(11)4-6;1-2/h2-4H,5H2,1H3,(H2,12,13,14);1-2H3. The monoisotopic (exact) mass is 262 g/mol. The summed E-state index contributed by atoms with van der Waals surface area (Å²) >= 11 is 11.5. The van der Waals surface area contributed by atoms with Crippen LogP contribution >= 0.6 is 23.2 Å². The lowest BCUT2D eigenvalue weighted by molar-refractivity contribution is 0.242. The molecule has 0 aliphatic carbocycles. The molecule has 0 spiro atoms. The number of amides is 2. The molecule has 0 aliphatic heterocycles. The molecule has 0 heterocycles. The van der Waals surface area contributed by atoms with Crippen molar-refractivity contribution in [2.75, 3.05) is 7.05 Å². The van der Waals surface area contributed by atoms with E-state index in [1.54, 1.807) is 19.2 Å². The Hall–Kier alpha value is -0.930. The zero-order valence-corrected chi connectivity index (χ0v) is 11.1. The van der Waals surface area contributed by atoms with Crippen molar-refractivity contribution >= 4 is 29.2 Å². The van der Waals surface area contributed by atoms with Gasteiger partial charge in [-0.15, -0.1) is 0 Å². The lowest BCUT2D eigenvalue weighted by atomic mass is 10.2. The van der Waals surface area contributed by atoms with Gasteiger partial charge in [-0.25, -0.2) is 4.79 Å². The van der Waals surface area contributed by atoms with Crippen molar-refractivity contribution in [3.8, 4) is 0 Å². The number of nitrogens with one attached hydrogen (secondary N) is 2. The van der Waals surface area contributed by atoms with Crippen LogP contribution in [0.15, 0.2) is 18.2 Å². The second-order valence-electron chi connectivity index (χ2n) is 2.68. The van der Waals surface area contributed by atoms with Crippen LogP contribution in [-0.4, -0.2) is 13.1 Å². The summed E-state index contributed by atoms with van der Waals surface area (Å²) in [6.45, 7) is 4.43. The molecule has 5 heteroatoms. The third kappa shape index (κ3) is 5.24. The molecular formula is C11H16Cl2N2O. The van der Waals surface area contributed by atoms with Crippen LogP contribution < -0.4 is 10.6 Å². The Kier molecular flexibility index (Phi) is 7.77. The topological polar surface area (TPSA) is 41.1 Å². The van der Waals surface area contributed by atoms with Gasteiger partial charge in [-0.1, -0.05) is 43.1 Å². The highest BCUT2D eigenvalue weighted by atomic mass is 35.5. The molecular weight excluding hydrogens is 247 g/mol. The van der Waals surface area contributed by atoms with E-state index in [-0.39, 0.29) is 6.03 Å². The van der Waals surface area contributed by atoms with Crippen LogP contribution in [-0.2, 0) is 6.54 Å². The minimum Gasteiger partial charge on any atom is -0.341 e. The molecule has 1 aromatic rings. The number of halogens is 2. The molecule has 2 N–H and O–H groups in total. The Morgan fingerprint density at radius 2 is 1.88 bits per heavy atom. The summed E-state index contributed by atoms with van der Waals surface area (Å²) in [7, 11) is 1.56. The van der Waals surface area contributed by atoms with Crippen LogP contribution in [0.2, 0.25) is 10.0 Å². The molecule has 90 valence electrons. The van der Waals surface area contributed by atoms with Gasteiger partial charge in [-0.3, -0.25) is 0 Å². The maximum Gasteiger partial charge on any atom is 0.314 e. The summed E-state index contributed by atoms with van der Waals surface area (Å²) < 4.78 is 0. The van der Waals surface area contributed by atoms with E-state index in [2.05, 4.69) is 10.6 Å². The summed E-state index contributed by atoms with van der Waals surface area (Å²) in [5.41, 5.74) is 0.906. The highest BCUT2D eigenvalue weighted by Crippen LogP contribution is 2.22. The van der Waals surface area contributed by atoms with Crippen LogP contribution in [0.4, 0.5) is 4.79 Å². The van der Waals surface area contributed by atoms with E-state index in [1.807, 2.05) is 19.9 Å². The zero-order valence-electron chi connectivity index (χ0n) is 9.60. The molecule has 0 fully saturated rings. The molecule has 0 aliphatic rings. The number of urea groups is 1. The molecule has 1 rings (SSSR count). The van der Waals surface area contributed by atoms with Crippen molar-refractivity contribution in [1.82, 2.24) is 10.6 Å². The number of carbonyl (C=O) groups excluding carboxylic acids is 1. The van der Waals surface area contributed by atoms with Crippen molar-refractivity contribution in [1.29, 1.82) is 0 Å². The molecule has 1 aromatic carbocycles. The summed E-state index contributed by atoms with van der Waals surface area (Å²) in [4.78, 5) is 10.9. The molecule has 3 nitrogen and oxygen atoms in total. The maximum absolute atomic E-state index is 10.9. The number of hydrogen-bond acceptors (Lipinski definition) is 1. The quantitative estimate of drug-likeness (QED) is 0.843. The number of hydrogen-bond donors (Lipinski definition) is 2. The fraction of sp³-hybridized carbons (Fsp3) is 0.364. The maximum atomic E-state index is 10.9. The first-order valence-electron chi connectivity index (χ1n) is 5.03. The van der Waals surface area contributed by atoms with E-state index in [9.17, 15) is 4.79 Å². The van der Waals surface area contributed by atoms with Crippen LogP contribution in [0.5, 0.6) is 0 Å². The van der Waals surface area contributed by atoms with Gasteiger partial charge in [0.25, 0.3) is 0 Å². The van der Waals surface area contributed by atoms with Crippen molar-refractivity contribution in [3.63, 3.8) is 0 Å². The Bertz CT molecular complexity index is 343. The summed E-state index contributed by atoms with van der Waals surface area (Å²) in [6.07, 6.45) is 0. The van der Waals surface area contributed by atoms with Gasteiger partial charge in [0.15, 0.2) is 0 Å².